The molecule has 2 amide bonds. The predicted molar refractivity (Wildman–Crippen MR) is 65.4 cm³/mol. The molecule has 0 bridgehead atoms. The lowest BCUT2D eigenvalue weighted by Crippen LogP contribution is -2.36. The van der Waals surface area contributed by atoms with Gasteiger partial charge in [-0.1, -0.05) is 0 Å². The summed E-state index contributed by atoms with van der Waals surface area (Å²) in [7, 11) is 0. The Morgan fingerprint density at radius 2 is 1.82 bits per heavy atom. The van der Waals surface area contributed by atoms with Crippen molar-refractivity contribution in [3.8, 4) is 0 Å². The fraction of sp³-hybridized carbons (Fsp3) is 0.846. The van der Waals surface area contributed by atoms with Crippen LogP contribution in [0.1, 0.15) is 51.4 Å². The van der Waals surface area contributed by atoms with Crippen LogP contribution in [-0.4, -0.2) is 35.8 Å². The molecule has 4 heteroatoms. The number of nitrogens with one attached hydrogen (secondary N) is 1. The molecule has 2 heterocycles. The molecular formula is C13H22N2O2. The molecule has 4 nitrogen and oxygen atoms in total. The van der Waals surface area contributed by atoms with Crippen molar-refractivity contribution in [2.45, 2.75) is 57.4 Å². The molecule has 2 aliphatic heterocycles. The number of hydrogen-bond acceptors (Lipinski definition) is 3. The zero-order valence-corrected chi connectivity index (χ0v) is 10.4. The van der Waals surface area contributed by atoms with E-state index in [1.165, 1.54) is 17.7 Å². The SMILES string of the molecule is O=C1CCCCC(=O)N1CCCC1CCCN1. The second-order valence-corrected chi connectivity index (χ2v) is 5.08. The molecule has 2 fully saturated rings. The quantitative estimate of drug-likeness (QED) is 0.754. The van der Waals surface area contributed by atoms with Gasteiger partial charge in [0.05, 0.1) is 0 Å². The first kappa shape index (κ1) is 12.6. The van der Waals surface area contributed by atoms with E-state index in [0.717, 1.165) is 32.2 Å². The van der Waals surface area contributed by atoms with Gasteiger partial charge in [0.1, 0.15) is 0 Å². The molecule has 1 N–H and O–H groups in total. The predicted octanol–water partition coefficient (Wildman–Crippen LogP) is 1.45. The first-order valence-electron chi connectivity index (χ1n) is 6.84. The van der Waals surface area contributed by atoms with E-state index in [1.807, 2.05) is 0 Å². The van der Waals surface area contributed by atoms with E-state index in [4.69, 9.17) is 0 Å². The molecule has 0 spiro atoms. The summed E-state index contributed by atoms with van der Waals surface area (Å²) in [5.41, 5.74) is 0. The minimum atomic E-state index is 0.0341. The van der Waals surface area contributed by atoms with E-state index in [9.17, 15) is 9.59 Å². The summed E-state index contributed by atoms with van der Waals surface area (Å²) >= 11 is 0. The summed E-state index contributed by atoms with van der Waals surface area (Å²) in [4.78, 5) is 25.0. The van der Waals surface area contributed by atoms with Gasteiger partial charge in [-0.05, 0) is 45.1 Å². The molecule has 0 saturated carbocycles. The molecule has 2 aliphatic rings. The Labute approximate surface area is 103 Å². The fourth-order valence-electron chi connectivity index (χ4n) is 2.71. The Morgan fingerprint density at radius 1 is 1.12 bits per heavy atom. The Hall–Kier alpha value is -0.900. The van der Waals surface area contributed by atoms with Crippen LogP contribution in [-0.2, 0) is 9.59 Å². The lowest BCUT2D eigenvalue weighted by Gasteiger charge is -2.19. The van der Waals surface area contributed by atoms with Crippen LogP contribution in [0.15, 0.2) is 0 Å². The van der Waals surface area contributed by atoms with Gasteiger partial charge in [-0.25, -0.2) is 0 Å². The lowest BCUT2D eigenvalue weighted by atomic mass is 10.1. The van der Waals surface area contributed by atoms with Gasteiger partial charge in [-0.15, -0.1) is 0 Å². The molecule has 2 rings (SSSR count). The Balaban J connectivity index is 1.75. The summed E-state index contributed by atoms with van der Waals surface area (Å²) in [5.74, 6) is 0.0683. The van der Waals surface area contributed by atoms with Gasteiger partial charge in [0.25, 0.3) is 0 Å². The van der Waals surface area contributed by atoms with Crippen LogP contribution in [0.4, 0.5) is 0 Å². The van der Waals surface area contributed by atoms with Crippen LogP contribution in [0.25, 0.3) is 0 Å². The zero-order valence-electron chi connectivity index (χ0n) is 10.4. The highest BCUT2D eigenvalue weighted by Gasteiger charge is 2.24. The average molecular weight is 238 g/mol. The molecule has 0 aliphatic carbocycles. The number of carbonyl (C=O) groups is 2. The van der Waals surface area contributed by atoms with Crippen LogP contribution in [0.2, 0.25) is 0 Å². The van der Waals surface area contributed by atoms with Crippen molar-refractivity contribution in [3.63, 3.8) is 0 Å². The van der Waals surface area contributed by atoms with Crippen LogP contribution in [0.3, 0.4) is 0 Å². The zero-order chi connectivity index (χ0) is 12.1. The third-order valence-corrected chi connectivity index (χ3v) is 3.73. The molecule has 0 aromatic carbocycles. The van der Waals surface area contributed by atoms with Crippen molar-refractivity contribution in [2.75, 3.05) is 13.1 Å². The van der Waals surface area contributed by atoms with Crippen LogP contribution in [0, 0.1) is 0 Å². The van der Waals surface area contributed by atoms with E-state index in [-0.39, 0.29) is 11.8 Å². The Bertz CT molecular complexity index is 267. The summed E-state index contributed by atoms with van der Waals surface area (Å²) in [6.45, 7) is 1.74. The molecule has 2 saturated heterocycles. The van der Waals surface area contributed by atoms with Crippen LogP contribution in [0.5, 0.6) is 0 Å². The number of likely N-dealkylation sites (tertiary alicyclic amines) is 1. The van der Waals surface area contributed by atoms with Gasteiger partial charge in [-0.2, -0.15) is 0 Å². The summed E-state index contributed by atoms with van der Waals surface area (Å²) in [5, 5.41) is 3.44. The van der Waals surface area contributed by atoms with E-state index in [2.05, 4.69) is 5.32 Å². The van der Waals surface area contributed by atoms with Crippen molar-refractivity contribution in [1.82, 2.24) is 10.2 Å². The second kappa shape index (κ2) is 6.15. The van der Waals surface area contributed by atoms with Gasteiger partial charge in [0.2, 0.25) is 11.8 Å². The number of carbonyl (C=O) groups excluding carboxylic acids is 2. The maximum Gasteiger partial charge on any atom is 0.229 e. The minimum absolute atomic E-state index is 0.0341. The van der Waals surface area contributed by atoms with Crippen molar-refractivity contribution >= 4 is 11.8 Å². The van der Waals surface area contributed by atoms with Gasteiger partial charge in [0.15, 0.2) is 0 Å². The third-order valence-electron chi connectivity index (χ3n) is 3.73. The van der Waals surface area contributed by atoms with E-state index < -0.39 is 0 Å². The van der Waals surface area contributed by atoms with Crippen molar-refractivity contribution < 1.29 is 9.59 Å². The average Bonchev–Trinajstić information content (AvgIpc) is 2.77. The highest BCUT2D eigenvalue weighted by atomic mass is 16.2. The molecule has 1 unspecified atom stereocenters. The normalized spacial score (nSPS) is 26.4. The fourth-order valence-corrected chi connectivity index (χ4v) is 2.71. The largest absolute Gasteiger partial charge is 0.314 e. The number of rotatable bonds is 4. The summed E-state index contributed by atoms with van der Waals surface area (Å²) in [6.07, 6.45) is 7.34. The molecule has 96 valence electrons. The molecule has 1 atom stereocenters. The van der Waals surface area contributed by atoms with Gasteiger partial charge in [0, 0.05) is 25.4 Å². The lowest BCUT2D eigenvalue weighted by molar-refractivity contribution is -0.143. The van der Waals surface area contributed by atoms with E-state index in [0.29, 0.717) is 25.4 Å². The molecule has 0 radical (unpaired) electrons. The first-order valence-corrected chi connectivity index (χ1v) is 6.84. The van der Waals surface area contributed by atoms with Crippen LogP contribution < -0.4 is 5.32 Å². The molecule has 17 heavy (non-hydrogen) atoms. The second-order valence-electron chi connectivity index (χ2n) is 5.08. The minimum Gasteiger partial charge on any atom is -0.314 e. The Morgan fingerprint density at radius 3 is 2.41 bits per heavy atom. The summed E-state index contributed by atoms with van der Waals surface area (Å²) in [6, 6.07) is 0.604. The number of amides is 2. The van der Waals surface area contributed by atoms with Gasteiger partial charge >= 0.3 is 0 Å². The maximum absolute atomic E-state index is 11.7. The van der Waals surface area contributed by atoms with Gasteiger partial charge < -0.3 is 5.32 Å². The third kappa shape index (κ3) is 3.53. The summed E-state index contributed by atoms with van der Waals surface area (Å²) < 4.78 is 0. The van der Waals surface area contributed by atoms with E-state index in [1.54, 1.807) is 0 Å². The highest BCUT2D eigenvalue weighted by Crippen LogP contribution is 2.15. The molecule has 0 aromatic heterocycles. The smallest absolute Gasteiger partial charge is 0.229 e. The monoisotopic (exact) mass is 238 g/mol. The first-order chi connectivity index (χ1) is 8.27. The van der Waals surface area contributed by atoms with Gasteiger partial charge in [-0.3, -0.25) is 14.5 Å². The number of imide groups is 1. The molecular weight excluding hydrogens is 216 g/mol. The number of nitrogens with zero attached hydrogens (tertiary/aromatic N) is 1. The van der Waals surface area contributed by atoms with Crippen molar-refractivity contribution in [2.24, 2.45) is 0 Å². The maximum atomic E-state index is 11.7. The standard InChI is InChI=1S/C13H22N2O2/c16-12-7-1-2-8-13(17)15(12)10-4-6-11-5-3-9-14-11/h11,14H,1-10H2. The van der Waals surface area contributed by atoms with E-state index >= 15 is 0 Å². The topological polar surface area (TPSA) is 49.4 Å². The van der Waals surface area contributed by atoms with Crippen molar-refractivity contribution in [3.05, 3.63) is 0 Å². The Kier molecular flexibility index (Phi) is 4.54. The van der Waals surface area contributed by atoms with Crippen LogP contribution >= 0.6 is 0 Å². The van der Waals surface area contributed by atoms with Crippen molar-refractivity contribution in [1.29, 1.82) is 0 Å². The molecule has 0 aromatic rings. The number of hydrogen-bond donors (Lipinski definition) is 1. The highest BCUT2D eigenvalue weighted by molar-refractivity contribution is 5.95.